The van der Waals surface area contributed by atoms with Crippen LogP contribution in [0.25, 0.3) is 0 Å². The van der Waals surface area contributed by atoms with Crippen molar-refractivity contribution in [1.29, 1.82) is 0 Å². The molecular weight excluding hydrogens is 262 g/mol. The van der Waals surface area contributed by atoms with Crippen LogP contribution in [0.1, 0.15) is 12.8 Å². The van der Waals surface area contributed by atoms with E-state index in [0.29, 0.717) is 5.92 Å². The summed E-state index contributed by atoms with van der Waals surface area (Å²) in [6.45, 7) is 3.14. The molecule has 1 aliphatic rings. The first kappa shape index (κ1) is 14.3. The Morgan fingerprint density at radius 1 is 1.37 bits per heavy atom. The summed E-state index contributed by atoms with van der Waals surface area (Å²) in [6, 6.07) is 6.71. The molecular formula is C13H21N3O2S. The van der Waals surface area contributed by atoms with E-state index in [4.69, 9.17) is 5.14 Å². The molecule has 1 aromatic rings. The molecule has 1 atom stereocenters. The van der Waals surface area contributed by atoms with Gasteiger partial charge in [-0.15, -0.1) is 0 Å². The van der Waals surface area contributed by atoms with Crippen molar-refractivity contribution >= 4 is 15.7 Å². The molecule has 1 aromatic carbocycles. The van der Waals surface area contributed by atoms with Gasteiger partial charge < -0.3 is 10.2 Å². The molecule has 0 aliphatic carbocycles. The van der Waals surface area contributed by atoms with Gasteiger partial charge in [-0.1, -0.05) is 0 Å². The summed E-state index contributed by atoms with van der Waals surface area (Å²) in [5.74, 6) is 0.650. The molecule has 0 radical (unpaired) electrons. The van der Waals surface area contributed by atoms with Crippen molar-refractivity contribution in [2.75, 3.05) is 31.6 Å². The lowest BCUT2D eigenvalue weighted by molar-refractivity contribution is 0.381. The van der Waals surface area contributed by atoms with Crippen LogP contribution in [0.3, 0.4) is 0 Å². The van der Waals surface area contributed by atoms with Crippen LogP contribution < -0.4 is 15.4 Å². The van der Waals surface area contributed by atoms with Gasteiger partial charge in [-0.05, 0) is 56.1 Å². The van der Waals surface area contributed by atoms with Crippen LogP contribution in [0.2, 0.25) is 0 Å². The van der Waals surface area contributed by atoms with Crippen molar-refractivity contribution < 1.29 is 8.42 Å². The third kappa shape index (κ3) is 3.92. The molecule has 1 aliphatic heterocycles. The van der Waals surface area contributed by atoms with Crippen LogP contribution in [0.4, 0.5) is 5.69 Å². The number of benzene rings is 1. The highest BCUT2D eigenvalue weighted by molar-refractivity contribution is 7.89. The van der Waals surface area contributed by atoms with Crippen LogP contribution >= 0.6 is 0 Å². The number of hydrogen-bond donors (Lipinski definition) is 2. The fourth-order valence-corrected chi connectivity index (χ4v) is 2.98. The Hall–Kier alpha value is -1.11. The number of anilines is 1. The van der Waals surface area contributed by atoms with E-state index in [9.17, 15) is 8.42 Å². The predicted molar refractivity (Wildman–Crippen MR) is 76.7 cm³/mol. The second kappa shape index (κ2) is 5.90. The van der Waals surface area contributed by atoms with Crippen molar-refractivity contribution in [3.63, 3.8) is 0 Å². The van der Waals surface area contributed by atoms with E-state index in [-0.39, 0.29) is 4.90 Å². The van der Waals surface area contributed by atoms with Gasteiger partial charge in [-0.2, -0.15) is 0 Å². The Morgan fingerprint density at radius 2 is 2.05 bits per heavy atom. The SMILES string of the molecule is CN(CC1CCCNC1)c1ccc(S(N)(=O)=O)cc1. The van der Waals surface area contributed by atoms with Crippen LogP contribution in [-0.4, -0.2) is 35.1 Å². The Kier molecular flexibility index (Phi) is 4.44. The number of hydrogen-bond acceptors (Lipinski definition) is 4. The minimum absolute atomic E-state index is 0.156. The first-order valence-corrected chi connectivity index (χ1v) is 8.06. The zero-order valence-corrected chi connectivity index (χ0v) is 12.0. The topological polar surface area (TPSA) is 75.4 Å². The molecule has 3 N–H and O–H groups in total. The molecule has 6 heteroatoms. The largest absolute Gasteiger partial charge is 0.374 e. The van der Waals surface area contributed by atoms with E-state index in [1.165, 1.54) is 12.8 Å². The van der Waals surface area contributed by atoms with Crippen molar-refractivity contribution in [2.24, 2.45) is 11.1 Å². The van der Waals surface area contributed by atoms with Crippen molar-refractivity contribution in [3.05, 3.63) is 24.3 Å². The van der Waals surface area contributed by atoms with E-state index in [1.54, 1.807) is 24.3 Å². The number of nitrogens with zero attached hydrogens (tertiary/aromatic N) is 1. The average Bonchev–Trinajstić information content (AvgIpc) is 2.39. The fraction of sp³-hybridized carbons (Fsp3) is 0.538. The Labute approximate surface area is 114 Å². The summed E-state index contributed by atoms with van der Waals surface area (Å²) >= 11 is 0. The maximum Gasteiger partial charge on any atom is 0.238 e. The molecule has 5 nitrogen and oxygen atoms in total. The van der Waals surface area contributed by atoms with Gasteiger partial charge >= 0.3 is 0 Å². The number of nitrogens with two attached hydrogens (primary N) is 1. The Morgan fingerprint density at radius 3 is 2.58 bits per heavy atom. The molecule has 0 spiro atoms. The standard InChI is InChI=1S/C13H21N3O2S/c1-16(10-11-3-2-8-15-9-11)12-4-6-13(7-5-12)19(14,17)18/h4-7,11,15H,2-3,8-10H2,1H3,(H2,14,17,18). The van der Waals surface area contributed by atoms with Gasteiger partial charge in [0, 0.05) is 19.3 Å². The monoisotopic (exact) mass is 283 g/mol. The lowest BCUT2D eigenvalue weighted by Crippen LogP contribution is -2.36. The van der Waals surface area contributed by atoms with E-state index in [2.05, 4.69) is 10.2 Å². The number of rotatable bonds is 4. The van der Waals surface area contributed by atoms with Crippen LogP contribution in [0.5, 0.6) is 0 Å². The fourth-order valence-electron chi connectivity index (χ4n) is 2.46. The summed E-state index contributed by atoms with van der Waals surface area (Å²) < 4.78 is 22.4. The Bertz CT molecular complexity index is 507. The highest BCUT2D eigenvalue weighted by Crippen LogP contribution is 2.19. The molecule has 1 heterocycles. The first-order chi connectivity index (χ1) is 8.97. The van der Waals surface area contributed by atoms with E-state index in [0.717, 1.165) is 25.3 Å². The molecule has 0 bridgehead atoms. The highest BCUT2D eigenvalue weighted by atomic mass is 32.2. The van der Waals surface area contributed by atoms with Gasteiger partial charge in [0.2, 0.25) is 10.0 Å². The summed E-state index contributed by atoms with van der Waals surface area (Å²) in [5, 5.41) is 8.48. The van der Waals surface area contributed by atoms with Crippen molar-refractivity contribution in [3.8, 4) is 0 Å². The highest BCUT2D eigenvalue weighted by Gasteiger charge is 2.15. The molecule has 1 fully saturated rings. The summed E-state index contributed by atoms with van der Waals surface area (Å²) in [5.41, 5.74) is 1.01. The third-order valence-corrected chi connectivity index (χ3v) is 4.47. The Balaban J connectivity index is 2.01. The lowest BCUT2D eigenvalue weighted by atomic mass is 9.99. The molecule has 2 rings (SSSR count). The normalized spacial score (nSPS) is 20.2. The number of nitrogens with one attached hydrogen (secondary N) is 1. The molecule has 0 saturated carbocycles. The van der Waals surface area contributed by atoms with Crippen LogP contribution in [0.15, 0.2) is 29.2 Å². The first-order valence-electron chi connectivity index (χ1n) is 6.51. The average molecular weight is 283 g/mol. The lowest BCUT2D eigenvalue weighted by Gasteiger charge is -2.29. The molecule has 0 amide bonds. The van der Waals surface area contributed by atoms with Gasteiger partial charge in [-0.3, -0.25) is 0 Å². The zero-order chi connectivity index (χ0) is 13.9. The quantitative estimate of drug-likeness (QED) is 0.856. The van der Waals surface area contributed by atoms with Crippen LogP contribution in [-0.2, 0) is 10.0 Å². The van der Waals surface area contributed by atoms with Gasteiger partial charge in [0.15, 0.2) is 0 Å². The van der Waals surface area contributed by atoms with Gasteiger partial charge in [-0.25, -0.2) is 13.6 Å². The second-order valence-corrected chi connectivity index (χ2v) is 6.69. The summed E-state index contributed by atoms with van der Waals surface area (Å²) in [7, 11) is -1.57. The molecule has 1 saturated heterocycles. The summed E-state index contributed by atoms with van der Waals surface area (Å²) in [6.07, 6.45) is 2.47. The van der Waals surface area contributed by atoms with E-state index >= 15 is 0 Å². The van der Waals surface area contributed by atoms with Gasteiger partial charge in [0.05, 0.1) is 4.90 Å². The van der Waals surface area contributed by atoms with Gasteiger partial charge in [0.1, 0.15) is 0 Å². The summed E-state index contributed by atoms with van der Waals surface area (Å²) in [4.78, 5) is 2.31. The van der Waals surface area contributed by atoms with E-state index in [1.807, 2.05) is 7.05 Å². The number of piperidine rings is 1. The molecule has 0 aromatic heterocycles. The molecule has 106 valence electrons. The van der Waals surface area contributed by atoms with E-state index < -0.39 is 10.0 Å². The third-order valence-electron chi connectivity index (χ3n) is 3.54. The predicted octanol–water partition coefficient (Wildman–Crippen LogP) is 0.770. The number of primary sulfonamides is 1. The van der Waals surface area contributed by atoms with Crippen LogP contribution in [0, 0.1) is 5.92 Å². The maximum absolute atomic E-state index is 11.2. The molecule has 1 unspecified atom stereocenters. The van der Waals surface area contributed by atoms with Crippen molar-refractivity contribution in [2.45, 2.75) is 17.7 Å². The zero-order valence-electron chi connectivity index (χ0n) is 11.2. The maximum atomic E-state index is 11.2. The number of sulfonamides is 1. The minimum atomic E-state index is -3.60. The second-order valence-electron chi connectivity index (χ2n) is 5.13. The van der Waals surface area contributed by atoms with Crippen molar-refractivity contribution in [1.82, 2.24) is 5.32 Å². The minimum Gasteiger partial charge on any atom is -0.374 e. The molecule has 19 heavy (non-hydrogen) atoms. The van der Waals surface area contributed by atoms with Gasteiger partial charge in [0.25, 0.3) is 0 Å². The smallest absolute Gasteiger partial charge is 0.238 e.